The zero-order valence-corrected chi connectivity index (χ0v) is 15.4. The summed E-state index contributed by atoms with van der Waals surface area (Å²) in [5, 5.41) is 1.36. The third-order valence-corrected chi connectivity index (χ3v) is 6.78. The Balaban J connectivity index is 1.81. The Morgan fingerprint density at radius 1 is 1.32 bits per heavy atom. The zero-order valence-electron chi connectivity index (χ0n) is 15.4. The fraction of sp³-hybridized carbons (Fsp3) is 0.545. The van der Waals surface area contributed by atoms with Crippen LogP contribution in [0.4, 0.5) is 0 Å². The summed E-state index contributed by atoms with van der Waals surface area (Å²) in [6.07, 6.45) is 10.4. The molecular weight excluding hydrogens is 308 g/mol. The van der Waals surface area contributed by atoms with Gasteiger partial charge in [0.15, 0.2) is 0 Å². The maximum atomic E-state index is 5.98. The number of para-hydroxylation sites is 1. The van der Waals surface area contributed by atoms with E-state index in [1.807, 2.05) is 6.26 Å². The van der Waals surface area contributed by atoms with Crippen LogP contribution in [0.15, 0.2) is 36.6 Å². The van der Waals surface area contributed by atoms with E-state index in [0.29, 0.717) is 18.4 Å². The predicted octanol–water partition coefficient (Wildman–Crippen LogP) is 4.52. The molecule has 1 heterocycles. The number of allylic oxidation sites excluding steroid dienone is 1. The monoisotopic (exact) mass is 338 g/mol. The smallest absolute Gasteiger partial charge is 0.0787 e. The number of hydrogen-bond acceptors (Lipinski definition) is 2. The van der Waals surface area contributed by atoms with E-state index in [1.165, 1.54) is 47.8 Å². The largest absolute Gasteiger partial charge is 0.505 e. The molecule has 0 aliphatic heterocycles. The Morgan fingerprint density at radius 2 is 2.16 bits per heavy atom. The van der Waals surface area contributed by atoms with Crippen LogP contribution in [-0.4, -0.2) is 18.6 Å². The molecule has 3 unspecified atom stereocenters. The molecule has 3 N–H and O–H groups in total. The molecule has 3 heteroatoms. The van der Waals surface area contributed by atoms with Crippen LogP contribution in [0.1, 0.15) is 43.9 Å². The predicted molar refractivity (Wildman–Crippen MR) is 103 cm³/mol. The van der Waals surface area contributed by atoms with E-state index in [2.05, 4.69) is 42.2 Å². The number of nitrogens with one attached hydrogen (secondary N) is 1. The maximum Gasteiger partial charge on any atom is 0.0787 e. The molecule has 1 aromatic carbocycles. The van der Waals surface area contributed by atoms with Gasteiger partial charge in [-0.25, -0.2) is 0 Å². The van der Waals surface area contributed by atoms with Crippen molar-refractivity contribution in [2.24, 2.45) is 23.5 Å². The highest BCUT2D eigenvalue weighted by Crippen LogP contribution is 2.57. The molecule has 3 nitrogen and oxygen atoms in total. The lowest BCUT2D eigenvalue weighted by Crippen LogP contribution is -2.48. The molecule has 134 valence electrons. The molecular formula is C22H30N2O. The average molecular weight is 338 g/mol. The van der Waals surface area contributed by atoms with Crippen molar-refractivity contribution in [2.75, 3.05) is 13.7 Å². The van der Waals surface area contributed by atoms with Gasteiger partial charge in [0.05, 0.1) is 13.4 Å². The van der Waals surface area contributed by atoms with Crippen molar-refractivity contribution in [3.05, 3.63) is 47.9 Å². The van der Waals surface area contributed by atoms with E-state index in [1.54, 1.807) is 7.11 Å². The Hall–Kier alpha value is -1.74. The molecule has 0 spiro atoms. The fourth-order valence-corrected chi connectivity index (χ4v) is 5.80. The lowest BCUT2D eigenvalue weighted by atomic mass is 9.51. The molecule has 1 aromatic heterocycles. The van der Waals surface area contributed by atoms with Gasteiger partial charge < -0.3 is 15.5 Å². The van der Waals surface area contributed by atoms with Gasteiger partial charge in [0.25, 0.3) is 0 Å². The van der Waals surface area contributed by atoms with Crippen molar-refractivity contribution in [1.82, 2.24) is 4.98 Å². The second-order valence-corrected chi connectivity index (χ2v) is 8.20. The van der Waals surface area contributed by atoms with Gasteiger partial charge in [-0.05, 0) is 67.7 Å². The van der Waals surface area contributed by atoms with E-state index in [9.17, 15) is 0 Å². The van der Waals surface area contributed by atoms with Gasteiger partial charge in [0, 0.05) is 22.0 Å². The number of hydrogen-bond donors (Lipinski definition) is 2. The van der Waals surface area contributed by atoms with Crippen LogP contribution in [0.3, 0.4) is 0 Å². The quantitative estimate of drug-likeness (QED) is 0.787. The van der Waals surface area contributed by atoms with Crippen molar-refractivity contribution < 1.29 is 4.74 Å². The summed E-state index contributed by atoms with van der Waals surface area (Å²) in [6, 6.07) is 8.70. The molecule has 3 saturated carbocycles. The van der Waals surface area contributed by atoms with Crippen LogP contribution in [-0.2, 0) is 16.6 Å². The normalized spacial score (nSPS) is 31.9. The Morgan fingerprint density at radius 3 is 2.92 bits per heavy atom. The summed E-state index contributed by atoms with van der Waals surface area (Å²) in [7, 11) is 1.74. The SMILES string of the molecule is CO/C=C/C1CC2CCC1[C@](C)(c1[nH]c3ccccc3c1CCN)C2. The van der Waals surface area contributed by atoms with E-state index >= 15 is 0 Å². The zero-order chi connectivity index (χ0) is 17.4. The van der Waals surface area contributed by atoms with E-state index < -0.39 is 0 Å². The second kappa shape index (κ2) is 6.53. The van der Waals surface area contributed by atoms with E-state index in [-0.39, 0.29) is 5.41 Å². The molecule has 0 saturated heterocycles. The number of H-pyrrole nitrogens is 1. The summed E-state index contributed by atoms with van der Waals surface area (Å²) in [6.45, 7) is 3.19. The van der Waals surface area contributed by atoms with Crippen molar-refractivity contribution in [3.8, 4) is 0 Å². The summed E-state index contributed by atoms with van der Waals surface area (Å²) in [5.74, 6) is 2.11. The summed E-state index contributed by atoms with van der Waals surface area (Å²) < 4.78 is 5.23. The average Bonchev–Trinajstić information content (AvgIpc) is 3.00. The number of benzene rings is 1. The fourth-order valence-electron chi connectivity index (χ4n) is 5.80. The lowest BCUT2D eigenvalue weighted by Gasteiger charge is -2.53. The molecule has 3 aliphatic rings. The van der Waals surface area contributed by atoms with Crippen LogP contribution in [0.2, 0.25) is 0 Å². The standard InChI is InChI=1S/C22H30N2O/c1-22(14-15-7-8-19(22)16(13-15)10-12-25-2)21-18(9-11-23)17-5-3-4-6-20(17)24-21/h3-6,10,12,15-16,19,24H,7-9,11,13-14,23H2,1-2H3/b12-10+/t15?,16?,19?,22-/m1/s1. The number of rotatable bonds is 5. The van der Waals surface area contributed by atoms with Crippen molar-refractivity contribution in [1.29, 1.82) is 0 Å². The van der Waals surface area contributed by atoms with Crippen molar-refractivity contribution in [2.45, 2.75) is 44.4 Å². The minimum atomic E-state index is 0.202. The third kappa shape index (κ3) is 2.69. The number of fused-ring (bicyclic) bond motifs is 4. The Labute approximate surface area is 150 Å². The first kappa shape index (κ1) is 16.7. The van der Waals surface area contributed by atoms with Gasteiger partial charge >= 0.3 is 0 Å². The van der Waals surface area contributed by atoms with Crippen molar-refractivity contribution in [3.63, 3.8) is 0 Å². The van der Waals surface area contributed by atoms with Crippen LogP contribution in [0, 0.1) is 17.8 Å². The van der Waals surface area contributed by atoms with Crippen molar-refractivity contribution >= 4 is 10.9 Å². The number of nitrogens with two attached hydrogens (primary N) is 1. The molecule has 2 bridgehead atoms. The Bertz CT molecular complexity index is 777. The van der Waals surface area contributed by atoms with E-state index in [0.717, 1.165) is 12.3 Å². The summed E-state index contributed by atoms with van der Waals surface area (Å²) in [4.78, 5) is 3.81. The number of methoxy groups -OCH3 is 1. The minimum absolute atomic E-state index is 0.202. The molecule has 2 aromatic rings. The van der Waals surface area contributed by atoms with Crippen LogP contribution >= 0.6 is 0 Å². The lowest BCUT2D eigenvalue weighted by molar-refractivity contribution is 0.0363. The Kier molecular flexibility index (Phi) is 4.36. The van der Waals surface area contributed by atoms with Crippen LogP contribution in [0.5, 0.6) is 0 Å². The van der Waals surface area contributed by atoms with Gasteiger partial charge in [0.1, 0.15) is 0 Å². The molecule has 0 amide bonds. The topological polar surface area (TPSA) is 51.0 Å². The maximum absolute atomic E-state index is 5.98. The highest BCUT2D eigenvalue weighted by molar-refractivity contribution is 5.85. The van der Waals surface area contributed by atoms with Gasteiger partial charge in [-0.1, -0.05) is 31.5 Å². The minimum Gasteiger partial charge on any atom is -0.505 e. The molecule has 3 aliphatic carbocycles. The van der Waals surface area contributed by atoms with Gasteiger partial charge in [-0.3, -0.25) is 0 Å². The highest BCUT2D eigenvalue weighted by atomic mass is 16.5. The molecule has 5 rings (SSSR count). The molecule has 25 heavy (non-hydrogen) atoms. The number of ether oxygens (including phenoxy) is 1. The summed E-state index contributed by atoms with van der Waals surface area (Å²) >= 11 is 0. The number of aromatic amines is 1. The van der Waals surface area contributed by atoms with Crippen LogP contribution < -0.4 is 5.73 Å². The summed E-state index contributed by atoms with van der Waals surface area (Å²) in [5.41, 5.74) is 10.3. The van der Waals surface area contributed by atoms with Gasteiger partial charge in [-0.15, -0.1) is 0 Å². The number of aromatic nitrogens is 1. The molecule has 3 fully saturated rings. The van der Waals surface area contributed by atoms with Gasteiger partial charge in [0.2, 0.25) is 0 Å². The first-order valence-electron chi connectivity index (χ1n) is 9.67. The first-order valence-corrected chi connectivity index (χ1v) is 9.67. The highest BCUT2D eigenvalue weighted by Gasteiger charge is 2.50. The second-order valence-electron chi connectivity index (χ2n) is 8.20. The third-order valence-electron chi connectivity index (χ3n) is 6.78. The first-order chi connectivity index (χ1) is 12.2. The van der Waals surface area contributed by atoms with E-state index in [4.69, 9.17) is 10.5 Å². The van der Waals surface area contributed by atoms with Gasteiger partial charge in [-0.2, -0.15) is 0 Å². The molecule has 0 radical (unpaired) electrons. The van der Waals surface area contributed by atoms with Crippen LogP contribution in [0.25, 0.3) is 10.9 Å². The molecule has 4 atom stereocenters.